The van der Waals surface area contributed by atoms with Crippen molar-refractivity contribution in [3.05, 3.63) is 35.4 Å². The molecule has 2 heterocycles. The third kappa shape index (κ3) is 8.77. The smallest absolute Gasteiger partial charge is 0.191 e. The van der Waals surface area contributed by atoms with E-state index in [1.54, 1.807) is 7.05 Å². The first kappa shape index (κ1) is 24.0. The molecule has 0 spiro atoms. The van der Waals surface area contributed by atoms with E-state index in [9.17, 15) is 0 Å². The van der Waals surface area contributed by atoms with E-state index < -0.39 is 0 Å². The Kier molecular flexibility index (Phi) is 10.1. The fraction of sp³-hybridized carbons (Fsp3) is 0.708. The number of nitrogens with one attached hydrogen (secondary N) is 2. The van der Waals surface area contributed by atoms with Gasteiger partial charge in [0.05, 0.1) is 24.9 Å². The lowest BCUT2D eigenvalue weighted by Gasteiger charge is -2.35. The molecule has 0 aliphatic carbocycles. The van der Waals surface area contributed by atoms with Crippen LogP contribution < -0.4 is 10.6 Å². The molecule has 0 bridgehead atoms. The molecule has 2 aliphatic rings. The van der Waals surface area contributed by atoms with Gasteiger partial charge in [-0.2, -0.15) is 0 Å². The quantitative estimate of drug-likeness (QED) is 0.337. The third-order valence-electron chi connectivity index (χ3n) is 5.69. The number of hydrogen-bond acceptors (Lipinski definition) is 5. The van der Waals surface area contributed by atoms with Crippen LogP contribution in [0.25, 0.3) is 0 Å². The van der Waals surface area contributed by atoms with Gasteiger partial charge in [0.25, 0.3) is 0 Å². The Morgan fingerprint density at radius 3 is 2.55 bits per heavy atom. The first-order chi connectivity index (χ1) is 15.1. The first-order valence-electron chi connectivity index (χ1n) is 11.7. The number of morpholine rings is 1. The second-order valence-electron chi connectivity index (χ2n) is 8.68. The van der Waals surface area contributed by atoms with Crippen molar-refractivity contribution in [2.24, 2.45) is 4.99 Å². The fourth-order valence-corrected chi connectivity index (χ4v) is 4.21. The van der Waals surface area contributed by atoms with Gasteiger partial charge in [0, 0.05) is 53.0 Å². The largest absolute Gasteiger partial charge is 0.379 e. The van der Waals surface area contributed by atoms with Gasteiger partial charge in [0.15, 0.2) is 5.96 Å². The summed E-state index contributed by atoms with van der Waals surface area (Å²) in [6.07, 6.45) is 4.14. The van der Waals surface area contributed by atoms with Gasteiger partial charge in [-0.25, -0.2) is 0 Å². The zero-order valence-electron chi connectivity index (χ0n) is 19.4. The number of hydrogen-bond donors (Lipinski definition) is 2. The SMILES string of the molecule is CN=C(NCCCOCC1CCCO1)NCc1ccc(CN2CC(C)OC(C)C2)cc1. The van der Waals surface area contributed by atoms with Crippen LogP contribution in [-0.4, -0.2) is 75.7 Å². The molecule has 174 valence electrons. The Hall–Kier alpha value is -1.67. The highest BCUT2D eigenvalue weighted by molar-refractivity contribution is 5.79. The molecule has 3 atom stereocenters. The molecule has 2 aliphatic heterocycles. The summed E-state index contributed by atoms with van der Waals surface area (Å²) in [7, 11) is 1.80. The zero-order chi connectivity index (χ0) is 21.9. The van der Waals surface area contributed by atoms with E-state index in [1.165, 1.54) is 11.1 Å². The lowest BCUT2D eigenvalue weighted by atomic mass is 10.1. The molecule has 3 unspecified atom stereocenters. The average molecular weight is 433 g/mol. The molecule has 0 radical (unpaired) electrons. The van der Waals surface area contributed by atoms with Crippen molar-refractivity contribution in [2.75, 3.05) is 46.5 Å². The van der Waals surface area contributed by atoms with Crippen molar-refractivity contribution >= 4 is 5.96 Å². The van der Waals surface area contributed by atoms with Crippen molar-refractivity contribution in [2.45, 2.75) is 64.5 Å². The number of rotatable bonds is 10. The monoisotopic (exact) mass is 432 g/mol. The van der Waals surface area contributed by atoms with E-state index in [4.69, 9.17) is 14.2 Å². The minimum Gasteiger partial charge on any atom is -0.379 e. The van der Waals surface area contributed by atoms with Gasteiger partial charge >= 0.3 is 0 Å². The zero-order valence-corrected chi connectivity index (χ0v) is 19.4. The van der Waals surface area contributed by atoms with Crippen LogP contribution in [0.3, 0.4) is 0 Å². The topological polar surface area (TPSA) is 67.4 Å². The van der Waals surface area contributed by atoms with Crippen molar-refractivity contribution in [3.63, 3.8) is 0 Å². The summed E-state index contributed by atoms with van der Waals surface area (Å²) in [4.78, 5) is 6.78. The van der Waals surface area contributed by atoms with Crippen molar-refractivity contribution in [3.8, 4) is 0 Å². The predicted octanol–water partition coefficient (Wildman–Crippen LogP) is 2.55. The molecule has 0 aromatic heterocycles. The molecular formula is C24H40N4O3. The van der Waals surface area contributed by atoms with Crippen LogP contribution in [-0.2, 0) is 27.3 Å². The molecule has 1 aromatic rings. The van der Waals surface area contributed by atoms with Gasteiger partial charge < -0.3 is 24.8 Å². The molecule has 2 fully saturated rings. The van der Waals surface area contributed by atoms with E-state index in [1.807, 2.05) is 0 Å². The first-order valence-corrected chi connectivity index (χ1v) is 11.7. The van der Waals surface area contributed by atoms with Gasteiger partial charge in [-0.05, 0) is 44.2 Å². The molecule has 7 heteroatoms. The van der Waals surface area contributed by atoms with E-state index in [0.29, 0.717) is 24.9 Å². The lowest BCUT2D eigenvalue weighted by Crippen LogP contribution is -2.44. The Labute approximate surface area is 187 Å². The molecule has 1 aromatic carbocycles. The molecular weight excluding hydrogens is 392 g/mol. The van der Waals surface area contributed by atoms with Crippen LogP contribution in [0.4, 0.5) is 0 Å². The normalized spacial score (nSPS) is 25.0. The number of benzene rings is 1. The average Bonchev–Trinajstić information content (AvgIpc) is 3.26. The van der Waals surface area contributed by atoms with Crippen molar-refractivity contribution < 1.29 is 14.2 Å². The molecule has 31 heavy (non-hydrogen) atoms. The minimum atomic E-state index is 0.301. The maximum atomic E-state index is 5.83. The highest BCUT2D eigenvalue weighted by Crippen LogP contribution is 2.15. The molecule has 2 N–H and O–H groups in total. The van der Waals surface area contributed by atoms with Gasteiger partial charge in [-0.3, -0.25) is 9.89 Å². The Morgan fingerprint density at radius 1 is 1.13 bits per heavy atom. The summed E-state index contributed by atoms with van der Waals surface area (Å²) in [6.45, 7) is 11.2. The maximum Gasteiger partial charge on any atom is 0.191 e. The number of guanidine groups is 1. The number of ether oxygens (including phenoxy) is 3. The Balaban J connectivity index is 1.30. The van der Waals surface area contributed by atoms with Gasteiger partial charge in [-0.1, -0.05) is 24.3 Å². The number of nitrogens with zero attached hydrogens (tertiary/aromatic N) is 2. The highest BCUT2D eigenvalue weighted by atomic mass is 16.5. The van der Waals surface area contributed by atoms with Crippen molar-refractivity contribution in [1.82, 2.24) is 15.5 Å². The summed E-state index contributed by atoms with van der Waals surface area (Å²) in [5.74, 6) is 0.819. The molecule has 3 rings (SSSR count). The lowest BCUT2D eigenvalue weighted by molar-refractivity contribution is -0.0704. The second kappa shape index (κ2) is 13.0. The predicted molar refractivity (Wildman–Crippen MR) is 124 cm³/mol. The molecule has 2 saturated heterocycles. The summed E-state index contributed by atoms with van der Waals surface area (Å²) >= 11 is 0. The summed E-state index contributed by atoms with van der Waals surface area (Å²) in [6, 6.07) is 8.84. The van der Waals surface area contributed by atoms with Crippen LogP contribution in [0, 0.1) is 0 Å². The van der Waals surface area contributed by atoms with Crippen LogP contribution in [0.1, 0.15) is 44.2 Å². The van der Waals surface area contributed by atoms with Crippen LogP contribution in [0.2, 0.25) is 0 Å². The van der Waals surface area contributed by atoms with Crippen LogP contribution in [0.15, 0.2) is 29.3 Å². The second-order valence-corrected chi connectivity index (χ2v) is 8.68. The van der Waals surface area contributed by atoms with Crippen molar-refractivity contribution in [1.29, 1.82) is 0 Å². The van der Waals surface area contributed by atoms with Gasteiger partial charge in [0.1, 0.15) is 0 Å². The minimum absolute atomic E-state index is 0.301. The summed E-state index contributed by atoms with van der Waals surface area (Å²) < 4.78 is 17.1. The van der Waals surface area contributed by atoms with E-state index in [0.717, 1.165) is 71.2 Å². The summed E-state index contributed by atoms with van der Waals surface area (Å²) in [5, 5.41) is 6.74. The van der Waals surface area contributed by atoms with Gasteiger partial charge in [0.2, 0.25) is 0 Å². The van der Waals surface area contributed by atoms with Crippen LogP contribution >= 0.6 is 0 Å². The Bertz CT molecular complexity index is 651. The van der Waals surface area contributed by atoms with E-state index >= 15 is 0 Å². The number of aliphatic imine (C=N–C) groups is 1. The summed E-state index contributed by atoms with van der Waals surface area (Å²) in [5.41, 5.74) is 2.59. The van der Waals surface area contributed by atoms with Gasteiger partial charge in [-0.15, -0.1) is 0 Å². The Morgan fingerprint density at radius 2 is 1.87 bits per heavy atom. The van der Waals surface area contributed by atoms with E-state index in [-0.39, 0.29) is 0 Å². The molecule has 0 saturated carbocycles. The molecule has 0 amide bonds. The fourth-order valence-electron chi connectivity index (χ4n) is 4.21. The third-order valence-corrected chi connectivity index (χ3v) is 5.69. The highest BCUT2D eigenvalue weighted by Gasteiger charge is 2.22. The maximum absolute atomic E-state index is 5.83. The standard InChI is InChI=1S/C24H40N4O3/c1-19-15-28(16-20(2)31-19)17-22-9-7-21(8-10-22)14-27-24(25-3)26-11-5-12-29-18-23-6-4-13-30-23/h7-10,19-20,23H,4-6,11-18H2,1-3H3,(H2,25,26,27). The molecule has 7 nitrogen and oxygen atoms in total. The van der Waals surface area contributed by atoms with Crippen LogP contribution in [0.5, 0.6) is 0 Å². The van der Waals surface area contributed by atoms with E-state index in [2.05, 4.69) is 58.6 Å².